The van der Waals surface area contributed by atoms with Crippen molar-refractivity contribution < 1.29 is 4.74 Å². The lowest BCUT2D eigenvalue weighted by atomic mass is 10.0. The van der Waals surface area contributed by atoms with Crippen LogP contribution in [-0.2, 0) is 4.74 Å². The van der Waals surface area contributed by atoms with Crippen LogP contribution in [0.5, 0.6) is 0 Å². The molecule has 0 spiro atoms. The highest BCUT2D eigenvalue weighted by Crippen LogP contribution is 2.24. The standard InChI is InChI=1S/C12H19BrN4O/c1-3-14-12-16-7-10(13)11(17-12)15-6-9-4-5-18-8(9)2/h7-9H,3-6H2,1-2H3,(H2,14,15,16,17). The van der Waals surface area contributed by atoms with Crippen LogP contribution in [0.4, 0.5) is 11.8 Å². The zero-order valence-electron chi connectivity index (χ0n) is 10.7. The molecule has 6 heteroatoms. The molecule has 0 amide bonds. The smallest absolute Gasteiger partial charge is 0.224 e. The van der Waals surface area contributed by atoms with E-state index in [2.05, 4.69) is 43.5 Å². The van der Waals surface area contributed by atoms with E-state index in [4.69, 9.17) is 4.74 Å². The van der Waals surface area contributed by atoms with Crippen LogP contribution in [0.15, 0.2) is 10.7 Å². The van der Waals surface area contributed by atoms with Gasteiger partial charge in [0.2, 0.25) is 5.95 Å². The van der Waals surface area contributed by atoms with Crippen LogP contribution in [0, 0.1) is 5.92 Å². The minimum atomic E-state index is 0.325. The predicted molar refractivity (Wildman–Crippen MR) is 75.9 cm³/mol. The molecule has 0 aliphatic carbocycles. The Labute approximate surface area is 116 Å². The molecular formula is C12H19BrN4O. The number of hydrogen-bond acceptors (Lipinski definition) is 5. The van der Waals surface area contributed by atoms with Gasteiger partial charge in [0.25, 0.3) is 0 Å². The van der Waals surface area contributed by atoms with Gasteiger partial charge in [-0.25, -0.2) is 4.98 Å². The fourth-order valence-electron chi connectivity index (χ4n) is 2.01. The van der Waals surface area contributed by atoms with Crippen molar-refractivity contribution in [2.24, 2.45) is 5.92 Å². The minimum absolute atomic E-state index is 0.325. The number of ether oxygens (including phenoxy) is 1. The van der Waals surface area contributed by atoms with Crippen LogP contribution in [-0.4, -0.2) is 35.8 Å². The first-order valence-electron chi connectivity index (χ1n) is 6.32. The molecule has 0 aromatic carbocycles. The molecule has 2 atom stereocenters. The molecule has 5 nitrogen and oxygen atoms in total. The zero-order valence-corrected chi connectivity index (χ0v) is 12.3. The first kappa shape index (κ1) is 13.5. The summed E-state index contributed by atoms with van der Waals surface area (Å²) < 4.78 is 6.43. The molecule has 1 saturated heterocycles. The van der Waals surface area contributed by atoms with Crippen LogP contribution in [0.1, 0.15) is 20.3 Å². The third-order valence-corrected chi connectivity index (χ3v) is 3.72. The summed E-state index contributed by atoms with van der Waals surface area (Å²) in [7, 11) is 0. The van der Waals surface area contributed by atoms with Gasteiger partial charge < -0.3 is 15.4 Å². The number of nitrogens with one attached hydrogen (secondary N) is 2. The molecule has 1 fully saturated rings. The van der Waals surface area contributed by atoms with Gasteiger partial charge in [0.1, 0.15) is 5.82 Å². The van der Waals surface area contributed by atoms with Crippen molar-refractivity contribution in [1.29, 1.82) is 0 Å². The third-order valence-electron chi connectivity index (χ3n) is 3.14. The minimum Gasteiger partial charge on any atom is -0.378 e. The summed E-state index contributed by atoms with van der Waals surface area (Å²) in [4.78, 5) is 8.62. The molecule has 1 aromatic heterocycles. The second-order valence-electron chi connectivity index (χ2n) is 4.43. The van der Waals surface area contributed by atoms with E-state index in [-0.39, 0.29) is 0 Å². The SMILES string of the molecule is CCNc1ncc(Br)c(NCC2CCOC2C)n1. The fourth-order valence-corrected chi connectivity index (χ4v) is 2.34. The Hall–Kier alpha value is -0.880. The van der Waals surface area contributed by atoms with E-state index < -0.39 is 0 Å². The summed E-state index contributed by atoms with van der Waals surface area (Å²) in [6.07, 6.45) is 3.20. The second kappa shape index (κ2) is 6.33. The maximum Gasteiger partial charge on any atom is 0.224 e. The van der Waals surface area contributed by atoms with E-state index in [0.717, 1.165) is 36.4 Å². The van der Waals surface area contributed by atoms with E-state index in [1.165, 1.54) is 0 Å². The number of hydrogen-bond donors (Lipinski definition) is 2. The van der Waals surface area contributed by atoms with Crippen LogP contribution in [0.25, 0.3) is 0 Å². The quantitative estimate of drug-likeness (QED) is 0.874. The summed E-state index contributed by atoms with van der Waals surface area (Å²) in [5.41, 5.74) is 0. The molecule has 0 saturated carbocycles. The lowest BCUT2D eigenvalue weighted by molar-refractivity contribution is 0.108. The van der Waals surface area contributed by atoms with Gasteiger partial charge in [0.05, 0.1) is 10.6 Å². The average molecular weight is 315 g/mol. The summed E-state index contributed by atoms with van der Waals surface area (Å²) in [6, 6.07) is 0. The third kappa shape index (κ3) is 3.32. The van der Waals surface area contributed by atoms with Crippen LogP contribution in [0.3, 0.4) is 0 Å². The van der Waals surface area contributed by atoms with Gasteiger partial charge in [0, 0.05) is 31.8 Å². The first-order valence-corrected chi connectivity index (χ1v) is 7.12. The van der Waals surface area contributed by atoms with Crippen molar-refractivity contribution in [3.63, 3.8) is 0 Å². The molecule has 1 aromatic rings. The van der Waals surface area contributed by atoms with E-state index in [0.29, 0.717) is 18.0 Å². The fraction of sp³-hybridized carbons (Fsp3) is 0.667. The Morgan fingerprint density at radius 1 is 1.50 bits per heavy atom. The summed E-state index contributed by atoms with van der Waals surface area (Å²) in [5.74, 6) is 2.04. The summed E-state index contributed by atoms with van der Waals surface area (Å²) in [5, 5.41) is 6.47. The monoisotopic (exact) mass is 314 g/mol. The molecule has 100 valence electrons. The van der Waals surface area contributed by atoms with Gasteiger partial charge >= 0.3 is 0 Å². The van der Waals surface area contributed by atoms with E-state index in [1.807, 2.05) is 6.92 Å². The van der Waals surface area contributed by atoms with Crippen molar-refractivity contribution in [2.75, 3.05) is 30.3 Å². The number of aromatic nitrogens is 2. The van der Waals surface area contributed by atoms with Crippen molar-refractivity contribution in [2.45, 2.75) is 26.4 Å². The molecule has 1 aliphatic rings. The summed E-state index contributed by atoms with van der Waals surface area (Å²) >= 11 is 3.46. The molecular weight excluding hydrogens is 296 g/mol. The maximum absolute atomic E-state index is 5.55. The molecule has 1 aliphatic heterocycles. The Kier molecular flexibility index (Phi) is 4.77. The predicted octanol–water partition coefficient (Wildman–Crippen LogP) is 2.51. The zero-order chi connectivity index (χ0) is 13.0. The molecule has 2 unspecified atom stereocenters. The Balaban J connectivity index is 1.97. The summed E-state index contributed by atoms with van der Waals surface area (Å²) in [6.45, 7) is 6.70. The number of halogens is 1. The highest BCUT2D eigenvalue weighted by molar-refractivity contribution is 9.10. The van der Waals surface area contributed by atoms with Crippen molar-refractivity contribution >= 4 is 27.7 Å². The second-order valence-corrected chi connectivity index (χ2v) is 5.28. The van der Waals surface area contributed by atoms with E-state index in [9.17, 15) is 0 Å². The number of nitrogens with zero attached hydrogens (tertiary/aromatic N) is 2. The lowest BCUT2D eigenvalue weighted by Crippen LogP contribution is -2.21. The van der Waals surface area contributed by atoms with Gasteiger partial charge in [-0.15, -0.1) is 0 Å². The normalized spacial score (nSPS) is 23.1. The van der Waals surface area contributed by atoms with Crippen molar-refractivity contribution in [3.8, 4) is 0 Å². The molecule has 18 heavy (non-hydrogen) atoms. The van der Waals surface area contributed by atoms with Gasteiger partial charge in [-0.2, -0.15) is 4.98 Å². The molecule has 2 heterocycles. The van der Waals surface area contributed by atoms with Crippen molar-refractivity contribution in [1.82, 2.24) is 9.97 Å². The Morgan fingerprint density at radius 2 is 2.33 bits per heavy atom. The molecule has 0 bridgehead atoms. The van der Waals surface area contributed by atoms with Gasteiger partial charge in [-0.3, -0.25) is 0 Å². The van der Waals surface area contributed by atoms with Crippen molar-refractivity contribution in [3.05, 3.63) is 10.7 Å². The maximum atomic E-state index is 5.55. The average Bonchev–Trinajstić information content (AvgIpc) is 2.76. The number of rotatable bonds is 5. The molecule has 2 rings (SSSR count). The van der Waals surface area contributed by atoms with Crippen LogP contribution in [0.2, 0.25) is 0 Å². The van der Waals surface area contributed by atoms with Crippen LogP contribution < -0.4 is 10.6 Å². The molecule has 0 radical (unpaired) electrons. The van der Waals surface area contributed by atoms with E-state index in [1.54, 1.807) is 6.20 Å². The van der Waals surface area contributed by atoms with Gasteiger partial charge in [0.15, 0.2) is 0 Å². The topological polar surface area (TPSA) is 59.1 Å². The van der Waals surface area contributed by atoms with Crippen LogP contribution >= 0.6 is 15.9 Å². The highest BCUT2D eigenvalue weighted by atomic mass is 79.9. The van der Waals surface area contributed by atoms with E-state index >= 15 is 0 Å². The first-order chi connectivity index (χ1) is 8.70. The van der Waals surface area contributed by atoms with Gasteiger partial charge in [-0.05, 0) is 36.2 Å². The number of anilines is 2. The largest absolute Gasteiger partial charge is 0.378 e. The Bertz CT molecular complexity index is 402. The lowest BCUT2D eigenvalue weighted by Gasteiger charge is -2.16. The van der Waals surface area contributed by atoms with Gasteiger partial charge in [-0.1, -0.05) is 0 Å². The Morgan fingerprint density at radius 3 is 3.00 bits per heavy atom. The molecule has 2 N–H and O–H groups in total. The highest BCUT2D eigenvalue weighted by Gasteiger charge is 2.24.